The van der Waals surface area contributed by atoms with Gasteiger partial charge >= 0.3 is 0 Å². The van der Waals surface area contributed by atoms with Gasteiger partial charge in [0, 0.05) is 41.8 Å². The molecule has 4 rings (SSSR count). The van der Waals surface area contributed by atoms with Gasteiger partial charge in [0.1, 0.15) is 5.66 Å². The molecular weight excluding hydrogens is 326 g/mol. The first kappa shape index (κ1) is 12.3. The van der Waals surface area contributed by atoms with Crippen LogP contribution in [0.1, 0.15) is 25.7 Å². The van der Waals surface area contributed by atoms with E-state index in [0.29, 0.717) is 12.1 Å². The molecule has 0 radical (unpaired) electrons. The lowest BCUT2D eigenvalue weighted by atomic mass is 9.89. The highest BCUT2D eigenvalue weighted by Gasteiger charge is 2.52. The monoisotopic (exact) mass is 341 g/mol. The molecule has 3 nitrogen and oxygen atoms in total. The third-order valence-corrected chi connectivity index (χ3v) is 5.83. The van der Waals surface area contributed by atoms with E-state index in [1.54, 1.807) is 0 Å². The Labute approximate surface area is 127 Å². The first-order valence-electron chi connectivity index (χ1n) is 6.83. The van der Waals surface area contributed by atoms with Crippen molar-refractivity contribution in [3.05, 3.63) is 33.7 Å². The Kier molecular flexibility index (Phi) is 2.61. The molecule has 0 aromatic heterocycles. The summed E-state index contributed by atoms with van der Waals surface area (Å²) >= 11 is 9.93. The topological polar surface area (TPSA) is 18.5 Å². The Bertz CT molecular complexity index is 511. The minimum absolute atomic E-state index is 0.0289. The lowest BCUT2D eigenvalue weighted by molar-refractivity contribution is 0.0379. The van der Waals surface area contributed by atoms with Gasteiger partial charge < -0.3 is 15.1 Å². The van der Waals surface area contributed by atoms with E-state index in [2.05, 4.69) is 50.5 Å². The Hall–Kier alpha value is -0.450. The van der Waals surface area contributed by atoms with Gasteiger partial charge in [0.2, 0.25) is 0 Å². The number of nitrogens with zero attached hydrogens (tertiary/aromatic N) is 2. The van der Waals surface area contributed by atoms with E-state index >= 15 is 0 Å². The molecule has 2 fully saturated rings. The van der Waals surface area contributed by atoms with Crippen LogP contribution in [0.5, 0.6) is 0 Å². The summed E-state index contributed by atoms with van der Waals surface area (Å²) in [7, 11) is 2.27. The van der Waals surface area contributed by atoms with Crippen molar-refractivity contribution in [1.29, 1.82) is 0 Å². The van der Waals surface area contributed by atoms with Crippen molar-refractivity contribution < 1.29 is 0 Å². The average molecular weight is 343 g/mol. The van der Waals surface area contributed by atoms with E-state index in [9.17, 15) is 0 Å². The summed E-state index contributed by atoms with van der Waals surface area (Å²) in [6.07, 6.45) is 11.2. The predicted octanol–water partition coefficient (Wildman–Crippen LogP) is 3.06. The minimum Gasteiger partial charge on any atom is -0.367 e. The summed E-state index contributed by atoms with van der Waals surface area (Å²) in [6, 6.07) is 1.38. The van der Waals surface area contributed by atoms with Crippen LogP contribution in [0, 0.1) is 0 Å². The van der Waals surface area contributed by atoms with E-state index in [0.717, 1.165) is 28.1 Å². The molecule has 4 aliphatic rings. The number of allylic oxidation sites excluding steroid dienone is 3. The zero-order valence-corrected chi connectivity index (χ0v) is 13.2. The normalized spacial score (nSPS) is 40.8. The van der Waals surface area contributed by atoms with Crippen LogP contribution in [0.3, 0.4) is 0 Å². The quantitative estimate of drug-likeness (QED) is 0.730. The van der Waals surface area contributed by atoms with Crippen LogP contribution >= 0.6 is 27.5 Å². The highest BCUT2D eigenvalue weighted by molar-refractivity contribution is 9.11. The van der Waals surface area contributed by atoms with Crippen molar-refractivity contribution in [2.24, 2.45) is 0 Å². The Morgan fingerprint density at radius 2 is 2.05 bits per heavy atom. The number of rotatable bonds is 0. The summed E-state index contributed by atoms with van der Waals surface area (Å²) in [5.41, 5.74) is 1.13. The van der Waals surface area contributed by atoms with Crippen LogP contribution < -0.4 is 5.32 Å². The van der Waals surface area contributed by atoms with Crippen molar-refractivity contribution in [1.82, 2.24) is 15.1 Å². The highest BCUT2D eigenvalue weighted by Crippen LogP contribution is 2.47. The first-order valence-corrected chi connectivity index (χ1v) is 8.00. The van der Waals surface area contributed by atoms with Gasteiger partial charge in [0.25, 0.3) is 0 Å². The van der Waals surface area contributed by atoms with E-state index in [1.807, 2.05) is 6.08 Å². The van der Waals surface area contributed by atoms with Gasteiger partial charge in [-0.3, -0.25) is 0 Å². The summed E-state index contributed by atoms with van der Waals surface area (Å²) < 4.78 is 1.05. The number of hydrogen-bond acceptors (Lipinski definition) is 3. The maximum atomic E-state index is 6.36. The van der Waals surface area contributed by atoms with Crippen LogP contribution in [0.4, 0.5) is 0 Å². The molecule has 4 aliphatic heterocycles. The molecule has 4 heterocycles. The van der Waals surface area contributed by atoms with E-state index in [1.165, 1.54) is 12.8 Å². The predicted molar refractivity (Wildman–Crippen MR) is 80.5 cm³/mol. The van der Waals surface area contributed by atoms with Gasteiger partial charge in [-0.15, -0.1) is 0 Å². The molecule has 2 unspecified atom stereocenters. The van der Waals surface area contributed by atoms with Crippen LogP contribution in [0.15, 0.2) is 33.7 Å². The van der Waals surface area contributed by atoms with Crippen molar-refractivity contribution in [3.8, 4) is 0 Å². The summed E-state index contributed by atoms with van der Waals surface area (Å²) in [5.74, 6) is 0. The zero-order chi connectivity index (χ0) is 13.2. The van der Waals surface area contributed by atoms with Crippen LogP contribution in [0.25, 0.3) is 0 Å². The van der Waals surface area contributed by atoms with E-state index in [-0.39, 0.29) is 5.66 Å². The van der Waals surface area contributed by atoms with Crippen LogP contribution in [-0.4, -0.2) is 34.6 Å². The molecule has 1 N–H and O–H groups in total. The maximum Gasteiger partial charge on any atom is 0.117 e. The molecule has 0 aromatic rings. The fourth-order valence-corrected chi connectivity index (χ4v) is 4.89. The molecule has 0 saturated carbocycles. The van der Waals surface area contributed by atoms with Gasteiger partial charge in [0.15, 0.2) is 0 Å². The fraction of sp³-hybridized carbons (Fsp3) is 0.571. The van der Waals surface area contributed by atoms with Gasteiger partial charge in [-0.1, -0.05) is 11.6 Å². The standard InChI is InChI=1S/C14H17BrClN3/c1-18-10-2-3-11(18)6-14(5-10)17-7-13-12(16)4-9(15)8-19(13)14/h4,7-8,10-11,17H,2-3,5-6H2,1H3. The Balaban J connectivity index is 1.70. The van der Waals surface area contributed by atoms with Crippen molar-refractivity contribution in [2.45, 2.75) is 43.4 Å². The minimum atomic E-state index is 0.0289. The number of fused-ring (bicyclic) bond motifs is 4. The van der Waals surface area contributed by atoms with Crippen molar-refractivity contribution >= 4 is 27.5 Å². The first-order chi connectivity index (χ1) is 9.09. The number of halogens is 2. The number of hydrogen-bond donors (Lipinski definition) is 1. The largest absolute Gasteiger partial charge is 0.367 e. The van der Waals surface area contributed by atoms with Gasteiger partial charge in [0.05, 0.1) is 10.7 Å². The average Bonchev–Trinajstić information content (AvgIpc) is 2.78. The second-order valence-electron chi connectivity index (χ2n) is 6.04. The lowest BCUT2D eigenvalue weighted by Crippen LogP contribution is -2.60. The smallest absolute Gasteiger partial charge is 0.117 e. The van der Waals surface area contributed by atoms with Crippen LogP contribution in [0.2, 0.25) is 0 Å². The molecule has 5 heteroatoms. The van der Waals surface area contributed by atoms with Gasteiger partial charge in [-0.2, -0.15) is 0 Å². The van der Waals surface area contributed by atoms with Gasteiger partial charge in [-0.05, 0) is 41.9 Å². The van der Waals surface area contributed by atoms with E-state index in [4.69, 9.17) is 11.6 Å². The molecule has 2 atom stereocenters. The molecule has 102 valence electrons. The van der Waals surface area contributed by atoms with Crippen molar-refractivity contribution in [3.63, 3.8) is 0 Å². The second kappa shape index (κ2) is 4.03. The van der Waals surface area contributed by atoms with E-state index < -0.39 is 0 Å². The molecule has 0 aliphatic carbocycles. The SMILES string of the molecule is CN1C2CCC1CC1(C2)NC=C2C(Cl)=CC(Br)=CN21. The lowest BCUT2D eigenvalue weighted by Gasteiger charge is -2.48. The fourth-order valence-electron chi connectivity index (χ4n) is 4.06. The molecule has 19 heavy (non-hydrogen) atoms. The molecule has 0 amide bonds. The van der Waals surface area contributed by atoms with Crippen LogP contribution in [-0.2, 0) is 0 Å². The Morgan fingerprint density at radius 1 is 1.37 bits per heavy atom. The molecule has 2 saturated heterocycles. The molecule has 0 aromatic carbocycles. The van der Waals surface area contributed by atoms with Crippen molar-refractivity contribution in [2.75, 3.05) is 7.05 Å². The third-order valence-electron chi connectivity index (χ3n) is 5.09. The summed E-state index contributed by atoms with van der Waals surface area (Å²) in [6.45, 7) is 0. The Morgan fingerprint density at radius 3 is 2.74 bits per heavy atom. The molecule has 2 bridgehead atoms. The van der Waals surface area contributed by atoms with Gasteiger partial charge in [-0.25, -0.2) is 0 Å². The maximum absolute atomic E-state index is 6.36. The second-order valence-corrected chi connectivity index (χ2v) is 7.36. The summed E-state index contributed by atoms with van der Waals surface area (Å²) in [4.78, 5) is 4.91. The third kappa shape index (κ3) is 1.66. The zero-order valence-electron chi connectivity index (χ0n) is 10.9. The molecule has 1 spiro atoms. The molecular formula is C14H17BrClN3. The number of nitrogens with one attached hydrogen (secondary N) is 1. The summed E-state index contributed by atoms with van der Waals surface area (Å²) in [5, 5.41) is 4.44. The number of piperidine rings is 1. The highest BCUT2D eigenvalue weighted by atomic mass is 79.9.